The molecule has 6 rings (SSSR count). The Kier molecular flexibility index (Phi) is 6.71. The molecule has 0 saturated heterocycles. The van der Waals surface area contributed by atoms with Crippen LogP contribution < -0.4 is 8.61 Å². The number of halogens is 6. The Morgan fingerprint density at radius 2 is 0.905 bits per heavy atom. The van der Waals surface area contributed by atoms with Crippen molar-refractivity contribution in [3.63, 3.8) is 0 Å². The normalized spacial score (nSPS) is 19.3. The zero-order chi connectivity index (χ0) is 30.2. The number of thioether (sulfide) groups is 2. The lowest BCUT2D eigenvalue weighted by Crippen LogP contribution is -2.41. The summed E-state index contributed by atoms with van der Waals surface area (Å²) < 4.78 is 136. The summed E-state index contributed by atoms with van der Waals surface area (Å²) in [6, 6.07) is 20.2. The van der Waals surface area contributed by atoms with Gasteiger partial charge in [-0.25, -0.2) is 8.61 Å². The van der Waals surface area contributed by atoms with Crippen LogP contribution in [-0.4, -0.2) is 27.9 Å². The van der Waals surface area contributed by atoms with Gasteiger partial charge in [-0.15, -0.1) is 0 Å². The van der Waals surface area contributed by atoms with E-state index in [-0.39, 0.29) is 52.0 Å². The van der Waals surface area contributed by atoms with Crippen molar-refractivity contribution in [3.8, 4) is 11.1 Å². The molecule has 0 aromatic heterocycles. The molecule has 2 aromatic rings. The summed E-state index contributed by atoms with van der Waals surface area (Å²) in [5, 5.41) is -2.98. The number of rotatable bonds is 4. The Hall–Kier alpha value is -3.08. The SMILES string of the molecule is O=S(=O)(N1c2ccccc2SC1c1cc(C2Sc3ccccc3N2S(=O)(=O)C(F)(F)F)c2cccccc1-2)C(F)(F)F. The van der Waals surface area contributed by atoms with Gasteiger partial charge in [-0.3, -0.25) is 0 Å². The molecule has 0 fully saturated rings. The summed E-state index contributed by atoms with van der Waals surface area (Å²) in [5.74, 6) is 0. The number of hydrogen-bond donors (Lipinski definition) is 0. The van der Waals surface area contributed by atoms with Crippen LogP contribution in [0.1, 0.15) is 21.9 Å². The smallest absolute Gasteiger partial charge is 0.244 e. The van der Waals surface area contributed by atoms with Crippen LogP contribution in [-0.2, 0) is 20.0 Å². The molecule has 0 spiro atoms. The van der Waals surface area contributed by atoms with E-state index in [9.17, 15) is 43.2 Å². The highest BCUT2D eigenvalue weighted by Crippen LogP contribution is 2.60. The van der Waals surface area contributed by atoms with Gasteiger partial charge < -0.3 is 0 Å². The minimum absolute atomic E-state index is 0.0612. The molecule has 2 aromatic carbocycles. The molecule has 220 valence electrons. The van der Waals surface area contributed by atoms with Gasteiger partial charge in [0.15, 0.2) is 0 Å². The molecule has 0 saturated carbocycles. The quantitative estimate of drug-likeness (QED) is 0.209. The molecular weight excluding hydrogens is 647 g/mol. The third-order valence-electron chi connectivity index (χ3n) is 6.71. The van der Waals surface area contributed by atoms with E-state index in [4.69, 9.17) is 0 Å². The molecule has 2 aliphatic heterocycles. The van der Waals surface area contributed by atoms with E-state index in [2.05, 4.69) is 0 Å². The average molecular weight is 663 g/mol. The van der Waals surface area contributed by atoms with Gasteiger partial charge in [-0.2, -0.15) is 43.2 Å². The monoisotopic (exact) mass is 662 g/mol. The lowest BCUT2D eigenvalue weighted by Gasteiger charge is -2.27. The van der Waals surface area contributed by atoms with E-state index in [0.717, 1.165) is 23.5 Å². The van der Waals surface area contributed by atoms with Gasteiger partial charge >= 0.3 is 31.1 Å². The summed E-state index contributed by atoms with van der Waals surface area (Å²) in [6.07, 6.45) is 0. The zero-order valence-electron chi connectivity index (χ0n) is 20.7. The number of nitrogens with zero attached hydrogens (tertiary/aromatic N) is 2. The molecule has 4 aliphatic rings. The molecule has 0 radical (unpaired) electrons. The Morgan fingerprint density at radius 3 is 1.29 bits per heavy atom. The van der Waals surface area contributed by atoms with E-state index in [1.165, 1.54) is 66.7 Å². The second-order valence-corrected chi connectivity index (χ2v) is 15.0. The highest BCUT2D eigenvalue weighted by atomic mass is 32.2. The minimum atomic E-state index is -5.93. The Balaban J connectivity index is 1.58. The summed E-state index contributed by atoms with van der Waals surface area (Å²) in [4.78, 5) is 0.492. The predicted octanol–water partition coefficient (Wildman–Crippen LogP) is 7.71. The van der Waals surface area contributed by atoms with E-state index < -0.39 is 41.8 Å². The van der Waals surface area contributed by atoms with Crippen LogP contribution in [0.2, 0.25) is 0 Å². The van der Waals surface area contributed by atoms with Crippen molar-refractivity contribution in [2.45, 2.75) is 31.6 Å². The van der Waals surface area contributed by atoms with Crippen LogP contribution in [0.4, 0.5) is 37.7 Å². The van der Waals surface area contributed by atoms with Crippen LogP contribution in [0.5, 0.6) is 0 Å². The molecule has 2 atom stereocenters. The second-order valence-electron chi connectivity index (χ2n) is 9.16. The van der Waals surface area contributed by atoms with E-state index >= 15 is 0 Å². The summed E-state index contributed by atoms with van der Waals surface area (Å²) >= 11 is 1.67. The lowest BCUT2D eigenvalue weighted by molar-refractivity contribution is -0.0444. The average Bonchev–Trinajstić information content (AvgIpc) is 3.53. The Morgan fingerprint density at radius 1 is 0.548 bits per heavy atom. The van der Waals surface area contributed by atoms with Crippen molar-refractivity contribution < 1.29 is 43.2 Å². The predicted molar refractivity (Wildman–Crippen MR) is 148 cm³/mol. The van der Waals surface area contributed by atoms with Crippen LogP contribution in [0.15, 0.2) is 94.7 Å². The second kappa shape index (κ2) is 9.72. The van der Waals surface area contributed by atoms with Crippen molar-refractivity contribution in [2.24, 2.45) is 0 Å². The molecular formula is C26H16F6N2O4S4. The van der Waals surface area contributed by atoms with E-state index in [1.54, 1.807) is 18.2 Å². The highest BCUT2D eigenvalue weighted by Gasteiger charge is 2.57. The zero-order valence-corrected chi connectivity index (χ0v) is 23.9. The van der Waals surface area contributed by atoms with Crippen LogP contribution in [0.3, 0.4) is 0 Å². The first kappa shape index (κ1) is 29.0. The molecule has 2 aliphatic carbocycles. The number of sulfonamides is 2. The van der Waals surface area contributed by atoms with Crippen molar-refractivity contribution in [2.75, 3.05) is 8.61 Å². The largest absolute Gasteiger partial charge is 0.516 e. The van der Waals surface area contributed by atoms with Crippen LogP contribution in [0, 0.1) is 0 Å². The topological polar surface area (TPSA) is 74.8 Å². The maximum absolute atomic E-state index is 13.9. The number of alkyl halides is 6. The maximum atomic E-state index is 13.9. The summed E-state index contributed by atoms with van der Waals surface area (Å²) in [6.45, 7) is 0. The summed E-state index contributed by atoms with van der Waals surface area (Å²) in [5.41, 5.74) is -11.1. The third-order valence-corrected chi connectivity index (χ3v) is 12.6. The first-order valence-corrected chi connectivity index (χ1v) is 16.5. The van der Waals surface area contributed by atoms with Crippen LogP contribution >= 0.6 is 23.5 Å². The molecule has 0 bridgehead atoms. The van der Waals surface area contributed by atoms with Crippen LogP contribution in [0.25, 0.3) is 11.1 Å². The van der Waals surface area contributed by atoms with Gasteiger partial charge in [0.05, 0.1) is 11.4 Å². The van der Waals surface area contributed by atoms with Gasteiger partial charge in [0.2, 0.25) is 0 Å². The molecule has 42 heavy (non-hydrogen) atoms. The van der Waals surface area contributed by atoms with E-state index in [1.807, 2.05) is 0 Å². The standard InChI is InChI=1S/C26H16F6N2O4S4/c27-25(28,29)41(35,36)33-19-10-4-6-12-21(19)39-23(33)17-14-18(16-9-3-1-2-8-15(16)17)24-34(42(37,38)26(30,31)32)20-11-5-7-13-22(20)40-24/h1-14,23-24H. The Labute approximate surface area is 244 Å². The van der Waals surface area contributed by atoms with E-state index in [0.29, 0.717) is 0 Å². The number of hydrogen-bond acceptors (Lipinski definition) is 6. The minimum Gasteiger partial charge on any atom is -0.244 e. The number of anilines is 2. The molecule has 2 heterocycles. The first-order valence-electron chi connectivity index (χ1n) is 11.9. The summed E-state index contributed by atoms with van der Waals surface area (Å²) in [7, 11) is -11.9. The van der Waals surface area contributed by atoms with Gasteiger partial charge in [0.25, 0.3) is 0 Å². The number of benzene rings is 2. The third kappa shape index (κ3) is 4.33. The fourth-order valence-corrected chi connectivity index (χ4v) is 10.5. The van der Waals surface area contributed by atoms with Gasteiger partial charge in [0, 0.05) is 9.79 Å². The Bertz CT molecular complexity index is 1760. The van der Waals surface area contributed by atoms with Gasteiger partial charge in [0.1, 0.15) is 10.7 Å². The lowest BCUT2D eigenvalue weighted by atomic mass is 10.1. The van der Waals surface area contributed by atoms with Gasteiger partial charge in [-0.1, -0.05) is 78.1 Å². The van der Waals surface area contributed by atoms with Gasteiger partial charge in [-0.05, 0) is 52.6 Å². The van der Waals surface area contributed by atoms with Crippen molar-refractivity contribution in [1.82, 2.24) is 0 Å². The highest BCUT2D eigenvalue weighted by molar-refractivity contribution is 8.03. The fourth-order valence-electron chi connectivity index (χ4n) is 4.96. The molecule has 6 nitrogen and oxygen atoms in total. The number of para-hydroxylation sites is 2. The van der Waals surface area contributed by atoms with Crippen molar-refractivity contribution in [3.05, 3.63) is 96.1 Å². The molecule has 0 N–H and O–H groups in total. The fraction of sp³-hybridized carbons (Fsp3) is 0.154. The molecule has 2 unspecified atom stereocenters. The molecule has 16 heteroatoms. The van der Waals surface area contributed by atoms with Crippen molar-refractivity contribution in [1.29, 1.82) is 0 Å². The maximum Gasteiger partial charge on any atom is 0.516 e. The molecule has 0 amide bonds. The van der Waals surface area contributed by atoms with Crippen molar-refractivity contribution >= 4 is 54.9 Å². The first-order chi connectivity index (χ1) is 19.6. The number of fused-ring (bicyclic) bond motifs is 3.